The number of carbonyl (C=O) groups excluding carboxylic acids is 2. The molecule has 4 aromatic rings. The van der Waals surface area contributed by atoms with E-state index in [1.807, 2.05) is 54.7 Å². The molecule has 1 aliphatic rings. The maximum Gasteiger partial charge on any atom is 0.326 e. The summed E-state index contributed by atoms with van der Waals surface area (Å²) in [6.45, 7) is 0.831. The average Bonchev–Trinajstić information content (AvgIpc) is 3.52. The Morgan fingerprint density at radius 1 is 0.919 bits per heavy atom. The zero-order valence-electron chi connectivity index (χ0n) is 20.4. The molecule has 2 unspecified atom stereocenters. The third-order valence-corrected chi connectivity index (χ3v) is 7.32. The highest BCUT2D eigenvalue weighted by Crippen LogP contribution is 2.23. The van der Waals surface area contributed by atoms with Crippen molar-refractivity contribution in [3.63, 3.8) is 0 Å². The smallest absolute Gasteiger partial charge is 0.326 e. The highest BCUT2D eigenvalue weighted by atomic mass is 16.4. The van der Waals surface area contributed by atoms with Crippen LogP contribution in [0.25, 0.3) is 21.8 Å². The fraction of sp³-hybridized carbons (Fsp3) is 0.321. The number of likely N-dealkylation sites (tertiary alicyclic amines) is 1. The Labute approximate surface area is 214 Å². The summed E-state index contributed by atoms with van der Waals surface area (Å²) in [5, 5.41) is 14.5. The lowest BCUT2D eigenvalue weighted by atomic mass is 9.94. The van der Waals surface area contributed by atoms with E-state index in [0.717, 1.165) is 32.9 Å². The minimum absolute atomic E-state index is 0.133. The lowest BCUT2D eigenvalue weighted by Gasteiger charge is -2.33. The Kier molecular flexibility index (Phi) is 6.96. The van der Waals surface area contributed by atoms with Crippen LogP contribution in [-0.4, -0.2) is 62.9 Å². The molecule has 2 amide bonds. The SMILES string of the molecule is NC(Cc1c[nH]c2ccccc12)C(=O)N1CCC(C(=O)NC(Cc2c[nH]c3ccccc23)C(=O)O)CC1. The summed E-state index contributed by atoms with van der Waals surface area (Å²) in [5.41, 5.74) is 10.0. The highest BCUT2D eigenvalue weighted by molar-refractivity contribution is 5.88. The van der Waals surface area contributed by atoms with Gasteiger partial charge in [-0.1, -0.05) is 36.4 Å². The number of nitrogens with zero attached hydrogens (tertiary/aromatic N) is 1. The van der Waals surface area contributed by atoms with E-state index < -0.39 is 18.1 Å². The molecule has 0 saturated carbocycles. The van der Waals surface area contributed by atoms with Gasteiger partial charge in [0, 0.05) is 59.6 Å². The number of para-hydroxylation sites is 2. The molecular formula is C28H31N5O4. The van der Waals surface area contributed by atoms with Crippen molar-refractivity contribution in [3.8, 4) is 0 Å². The van der Waals surface area contributed by atoms with Gasteiger partial charge in [0.15, 0.2) is 0 Å². The monoisotopic (exact) mass is 501 g/mol. The zero-order valence-corrected chi connectivity index (χ0v) is 20.4. The summed E-state index contributed by atoms with van der Waals surface area (Å²) in [7, 11) is 0. The number of hydrogen-bond donors (Lipinski definition) is 5. The van der Waals surface area contributed by atoms with Crippen molar-refractivity contribution in [2.24, 2.45) is 11.7 Å². The van der Waals surface area contributed by atoms with Crippen molar-refractivity contribution < 1.29 is 19.5 Å². The van der Waals surface area contributed by atoms with Crippen LogP contribution in [0.4, 0.5) is 0 Å². The Balaban J connectivity index is 1.15. The number of aliphatic carboxylic acids is 1. The predicted molar refractivity (Wildman–Crippen MR) is 141 cm³/mol. The van der Waals surface area contributed by atoms with Crippen LogP contribution in [0.5, 0.6) is 0 Å². The van der Waals surface area contributed by atoms with E-state index in [4.69, 9.17) is 5.73 Å². The number of piperidine rings is 1. The lowest BCUT2D eigenvalue weighted by Crippen LogP contribution is -2.51. The molecule has 5 rings (SSSR count). The first-order valence-corrected chi connectivity index (χ1v) is 12.6. The number of benzene rings is 2. The van der Waals surface area contributed by atoms with Crippen LogP contribution in [0.3, 0.4) is 0 Å². The predicted octanol–water partition coefficient (Wildman–Crippen LogP) is 2.57. The number of aromatic nitrogens is 2. The molecule has 0 spiro atoms. The number of fused-ring (bicyclic) bond motifs is 2. The second-order valence-electron chi connectivity index (χ2n) is 9.73. The summed E-state index contributed by atoms with van der Waals surface area (Å²) >= 11 is 0. The first kappa shape index (κ1) is 24.6. The molecule has 2 atom stereocenters. The van der Waals surface area contributed by atoms with E-state index in [0.29, 0.717) is 32.4 Å². The fourth-order valence-electron chi connectivity index (χ4n) is 5.23. The van der Waals surface area contributed by atoms with Crippen LogP contribution in [0.15, 0.2) is 60.9 Å². The van der Waals surface area contributed by atoms with Crippen LogP contribution >= 0.6 is 0 Å². The van der Waals surface area contributed by atoms with Gasteiger partial charge in [-0.25, -0.2) is 4.79 Å². The van der Waals surface area contributed by atoms with Crippen molar-refractivity contribution in [2.75, 3.05) is 13.1 Å². The second-order valence-corrected chi connectivity index (χ2v) is 9.73. The van der Waals surface area contributed by atoms with Crippen LogP contribution in [0, 0.1) is 5.92 Å². The van der Waals surface area contributed by atoms with E-state index in [9.17, 15) is 19.5 Å². The van der Waals surface area contributed by atoms with Crippen LogP contribution in [-0.2, 0) is 27.2 Å². The van der Waals surface area contributed by atoms with Crippen LogP contribution < -0.4 is 11.1 Å². The summed E-state index contributed by atoms with van der Waals surface area (Å²) < 4.78 is 0. The highest BCUT2D eigenvalue weighted by Gasteiger charge is 2.32. The van der Waals surface area contributed by atoms with Crippen molar-refractivity contribution in [2.45, 2.75) is 37.8 Å². The molecule has 9 nitrogen and oxygen atoms in total. The van der Waals surface area contributed by atoms with Crippen LogP contribution in [0.2, 0.25) is 0 Å². The first-order chi connectivity index (χ1) is 17.9. The van der Waals surface area contributed by atoms with Gasteiger partial charge in [-0.2, -0.15) is 0 Å². The van der Waals surface area contributed by atoms with Gasteiger partial charge in [0.2, 0.25) is 11.8 Å². The van der Waals surface area contributed by atoms with E-state index in [2.05, 4.69) is 15.3 Å². The third kappa shape index (κ3) is 5.22. The second kappa shape index (κ2) is 10.5. The van der Waals surface area contributed by atoms with E-state index in [-0.39, 0.29) is 24.2 Å². The number of carboxylic acid groups (broad SMARTS) is 1. The zero-order chi connectivity index (χ0) is 25.9. The van der Waals surface area contributed by atoms with Gasteiger partial charge in [-0.15, -0.1) is 0 Å². The molecule has 2 aromatic heterocycles. The van der Waals surface area contributed by atoms with Crippen molar-refractivity contribution in [3.05, 3.63) is 72.1 Å². The minimum atomic E-state index is -1.07. The summed E-state index contributed by atoms with van der Waals surface area (Å²) in [4.78, 5) is 45.9. The van der Waals surface area contributed by atoms with E-state index in [1.165, 1.54) is 0 Å². The van der Waals surface area contributed by atoms with Crippen molar-refractivity contribution in [1.29, 1.82) is 0 Å². The molecule has 0 bridgehead atoms. The van der Waals surface area contributed by atoms with Gasteiger partial charge in [0.25, 0.3) is 0 Å². The molecule has 3 heterocycles. The maximum atomic E-state index is 13.0. The quantitative estimate of drug-likeness (QED) is 0.252. The Morgan fingerprint density at radius 2 is 1.46 bits per heavy atom. The molecule has 0 radical (unpaired) electrons. The number of H-pyrrole nitrogens is 2. The molecule has 1 aliphatic heterocycles. The number of nitrogens with one attached hydrogen (secondary N) is 3. The largest absolute Gasteiger partial charge is 0.480 e. The molecular weight excluding hydrogens is 470 g/mol. The molecule has 1 fully saturated rings. The average molecular weight is 502 g/mol. The summed E-state index contributed by atoms with van der Waals surface area (Å²) in [6.07, 6.45) is 5.23. The fourth-order valence-corrected chi connectivity index (χ4v) is 5.23. The molecule has 0 aliphatic carbocycles. The molecule has 6 N–H and O–H groups in total. The standard InChI is InChI=1S/C28H31N5O4/c29-22(13-18-15-30-23-7-3-1-5-20(18)23)27(35)33-11-9-17(10-12-33)26(34)32-25(28(36)37)14-19-16-31-24-8-4-2-6-21(19)24/h1-8,15-17,22,25,30-31H,9-14,29H2,(H,32,34)(H,36,37). The normalized spacial score (nSPS) is 16.1. The maximum absolute atomic E-state index is 13.0. The first-order valence-electron chi connectivity index (χ1n) is 12.6. The number of amides is 2. The summed E-state index contributed by atoms with van der Waals surface area (Å²) in [5.74, 6) is -1.84. The van der Waals surface area contributed by atoms with Crippen molar-refractivity contribution >= 4 is 39.6 Å². The number of nitrogens with two attached hydrogens (primary N) is 1. The third-order valence-electron chi connectivity index (χ3n) is 7.32. The summed E-state index contributed by atoms with van der Waals surface area (Å²) in [6, 6.07) is 13.9. The molecule has 192 valence electrons. The molecule has 1 saturated heterocycles. The Morgan fingerprint density at radius 3 is 2.03 bits per heavy atom. The van der Waals surface area contributed by atoms with Crippen molar-refractivity contribution in [1.82, 2.24) is 20.2 Å². The van der Waals surface area contributed by atoms with Crippen LogP contribution in [0.1, 0.15) is 24.0 Å². The van der Waals surface area contributed by atoms with Gasteiger partial charge in [-0.05, 0) is 42.5 Å². The molecule has 37 heavy (non-hydrogen) atoms. The van der Waals surface area contributed by atoms with E-state index in [1.54, 1.807) is 11.1 Å². The lowest BCUT2D eigenvalue weighted by molar-refractivity contribution is -0.143. The van der Waals surface area contributed by atoms with Gasteiger partial charge in [0.1, 0.15) is 6.04 Å². The number of aromatic amines is 2. The number of carboxylic acids is 1. The van der Waals surface area contributed by atoms with Gasteiger partial charge in [-0.3, -0.25) is 9.59 Å². The number of hydrogen-bond acceptors (Lipinski definition) is 4. The van der Waals surface area contributed by atoms with Gasteiger partial charge in [0.05, 0.1) is 6.04 Å². The van der Waals surface area contributed by atoms with Gasteiger partial charge < -0.3 is 31.0 Å². The minimum Gasteiger partial charge on any atom is -0.480 e. The number of rotatable bonds is 8. The van der Waals surface area contributed by atoms with E-state index >= 15 is 0 Å². The topological polar surface area (TPSA) is 144 Å². The van der Waals surface area contributed by atoms with Gasteiger partial charge >= 0.3 is 5.97 Å². The Bertz CT molecular complexity index is 1430. The molecule has 9 heteroatoms. The Hall–Kier alpha value is -4.11. The molecule has 2 aromatic carbocycles. The number of carbonyl (C=O) groups is 3.